The van der Waals surface area contributed by atoms with Crippen molar-refractivity contribution in [1.82, 2.24) is 0 Å². The standard InChI is InChI=1S/C8H16O2S/c1-11-7-3-2-4-8-9-5-6-10-8/h8H,2-7H2,1H3. The lowest BCUT2D eigenvalue weighted by Gasteiger charge is -2.07. The van der Waals surface area contributed by atoms with Crippen molar-refractivity contribution in [2.75, 3.05) is 25.2 Å². The van der Waals surface area contributed by atoms with Crippen LogP contribution >= 0.6 is 11.8 Å². The van der Waals surface area contributed by atoms with E-state index in [1.807, 2.05) is 11.8 Å². The first kappa shape index (κ1) is 9.36. The third-order valence-corrected chi connectivity index (χ3v) is 2.43. The van der Waals surface area contributed by atoms with Crippen LogP contribution in [0.15, 0.2) is 0 Å². The molecule has 2 nitrogen and oxygen atoms in total. The molecule has 0 aliphatic carbocycles. The van der Waals surface area contributed by atoms with E-state index < -0.39 is 0 Å². The minimum absolute atomic E-state index is 0.108. The fourth-order valence-corrected chi connectivity index (χ4v) is 1.62. The van der Waals surface area contributed by atoms with Crippen LogP contribution in [0.4, 0.5) is 0 Å². The van der Waals surface area contributed by atoms with Gasteiger partial charge >= 0.3 is 0 Å². The highest BCUT2D eigenvalue weighted by atomic mass is 32.2. The molecule has 1 rings (SSSR count). The van der Waals surface area contributed by atoms with Crippen LogP contribution in [0.2, 0.25) is 0 Å². The average molecular weight is 176 g/mol. The summed E-state index contributed by atoms with van der Waals surface area (Å²) in [6.07, 6.45) is 5.83. The van der Waals surface area contributed by atoms with Crippen LogP contribution in [0.25, 0.3) is 0 Å². The molecule has 1 fully saturated rings. The second-order valence-electron chi connectivity index (χ2n) is 2.66. The summed E-state index contributed by atoms with van der Waals surface area (Å²) < 4.78 is 10.6. The van der Waals surface area contributed by atoms with Crippen LogP contribution in [-0.4, -0.2) is 31.5 Å². The van der Waals surface area contributed by atoms with E-state index in [2.05, 4.69) is 6.26 Å². The minimum Gasteiger partial charge on any atom is -0.350 e. The maximum absolute atomic E-state index is 5.30. The largest absolute Gasteiger partial charge is 0.350 e. The predicted molar refractivity (Wildman–Crippen MR) is 47.9 cm³/mol. The van der Waals surface area contributed by atoms with Crippen LogP contribution < -0.4 is 0 Å². The number of hydrogen-bond donors (Lipinski definition) is 0. The maximum Gasteiger partial charge on any atom is 0.157 e. The molecule has 0 N–H and O–H groups in total. The Labute approximate surface area is 72.6 Å². The molecule has 1 saturated heterocycles. The van der Waals surface area contributed by atoms with Crippen molar-refractivity contribution in [1.29, 1.82) is 0 Å². The molecule has 0 radical (unpaired) electrons. The van der Waals surface area contributed by atoms with Gasteiger partial charge in [-0.15, -0.1) is 0 Å². The first-order valence-electron chi connectivity index (χ1n) is 4.15. The summed E-state index contributed by atoms with van der Waals surface area (Å²) in [7, 11) is 0. The summed E-state index contributed by atoms with van der Waals surface area (Å²) in [6.45, 7) is 1.57. The smallest absolute Gasteiger partial charge is 0.157 e. The third-order valence-electron chi connectivity index (χ3n) is 1.73. The van der Waals surface area contributed by atoms with E-state index in [0.717, 1.165) is 19.6 Å². The number of hydrogen-bond acceptors (Lipinski definition) is 3. The number of unbranched alkanes of at least 4 members (excludes halogenated alkanes) is 1. The van der Waals surface area contributed by atoms with Crippen LogP contribution in [0.3, 0.4) is 0 Å². The van der Waals surface area contributed by atoms with Gasteiger partial charge < -0.3 is 9.47 Å². The molecule has 0 aromatic carbocycles. The Kier molecular flexibility index (Phi) is 4.99. The van der Waals surface area contributed by atoms with Crippen LogP contribution in [0.1, 0.15) is 19.3 Å². The molecule has 1 heterocycles. The van der Waals surface area contributed by atoms with Crippen molar-refractivity contribution in [3.8, 4) is 0 Å². The predicted octanol–water partition coefficient (Wildman–Crippen LogP) is 1.89. The summed E-state index contributed by atoms with van der Waals surface area (Å²) >= 11 is 1.90. The molecule has 66 valence electrons. The summed E-state index contributed by atoms with van der Waals surface area (Å²) in [5.41, 5.74) is 0. The van der Waals surface area contributed by atoms with Gasteiger partial charge in [0.2, 0.25) is 0 Å². The highest BCUT2D eigenvalue weighted by molar-refractivity contribution is 7.98. The molecular weight excluding hydrogens is 160 g/mol. The highest BCUT2D eigenvalue weighted by Gasteiger charge is 2.14. The number of thioether (sulfide) groups is 1. The van der Waals surface area contributed by atoms with E-state index in [9.17, 15) is 0 Å². The minimum atomic E-state index is 0.108. The molecule has 0 unspecified atom stereocenters. The highest BCUT2D eigenvalue weighted by Crippen LogP contribution is 2.12. The molecule has 0 atom stereocenters. The van der Waals surface area contributed by atoms with Gasteiger partial charge in [-0.3, -0.25) is 0 Å². The van der Waals surface area contributed by atoms with Gasteiger partial charge in [0.1, 0.15) is 0 Å². The molecule has 1 aliphatic rings. The molecule has 1 aliphatic heterocycles. The topological polar surface area (TPSA) is 18.5 Å². The Morgan fingerprint density at radius 3 is 2.64 bits per heavy atom. The lowest BCUT2D eigenvalue weighted by molar-refractivity contribution is -0.0477. The second kappa shape index (κ2) is 5.86. The summed E-state index contributed by atoms with van der Waals surface area (Å²) in [5, 5.41) is 0. The third kappa shape index (κ3) is 3.99. The van der Waals surface area contributed by atoms with Crippen LogP contribution in [-0.2, 0) is 9.47 Å². The van der Waals surface area contributed by atoms with E-state index in [1.165, 1.54) is 18.6 Å². The Morgan fingerprint density at radius 2 is 2.00 bits per heavy atom. The first-order chi connectivity index (χ1) is 5.43. The van der Waals surface area contributed by atoms with Crippen molar-refractivity contribution >= 4 is 11.8 Å². The molecule has 11 heavy (non-hydrogen) atoms. The first-order valence-corrected chi connectivity index (χ1v) is 5.55. The van der Waals surface area contributed by atoms with Crippen molar-refractivity contribution in [2.45, 2.75) is 25.6 Å². The summed E-state index contributed by atoms with van der Waals surface area (Å²) in [4.78, 5) is 0. The molecule has 0 aromatic rings. The Morgan fingerprint density at radius 1 is 1.27 bits per heavy atom. The average Bonchev–Trinajstić information content (AvgIpc) is 2.50. The lowest BCUT2D eigenvalue weighted by atomic mass is 10.2. The molecular formula is C8H16O2S. The molecule has 0 amide bonds. The van der Waals surface area contributed by atoms with E-state index in [4.69, 9.17) is 9.47 Å². The van der Waals surface area contributed by atoms with E-state index >= 15 is 0 Å². The van der Waals surface area contributed by atoms with Crippen molar-refractivity contribution in [3.05, 3.63) is 0 Å². The van der Waals surface area contributed by atoms with E-state index in [1.54, 1.807) is 0 Å². The van der Waals surface area contributed by atoms with Gasteiger partial charge in [0.05, 0.1) is 13.2 Å². The zero-order chi connectivity index (χ0) is 7.94. The Bertz CT molecular complexity index is 92.1. The van der Waals surface area contributed by atoms with Crippen molar-refractivity contribution in [3.63, 3.8) is 0 Å². The normalized spacial score (nSPS) is 19.4. The van der Waals surface area contributed by atoms with Gasteiger partial charge in [-0.2, -0.15) is 11.8 Å². The zero-order valence-electron chi connectivity index (χ0n) is 7.04. The monoisotopic (exact) mass is 176 g/mol. The summed E-state index contributed by atoms with van der Waals surface area (Å²) in [5.74, 6) is 1.26. The quantitative estimate of drug-likeness (QED) is 0.596. The Balaban J connectivity index is 1.86. The molecule has 3 heteroatoms. The van der Waals surface area contributed by atoms with Crippen molar-refractivity contribution < 1.29 is 9.47 Å². The van der Waals surface area contributed by atoms with Gasteiger partial charge in [-0.25, -0.2) is 0 Å². The molecule has 0 aromatic heterocycles. The fraction of sp³-hybridized carbons (Fsp3) is 1.00. The van der Waals surface area contributed by atoms with Crippen molar-refractivity contribution in [2.24, 2.45) is 0 Å². The van der Waals surface area contributed by atoms with Crippen LogP contribution in [0.5, 0.6) is 0 Å². The maximum atomic E-state index is 5.30. The lowest BCUT2D eigenvalue weighted by Crippen LogP contribution is -2.06. The number of ether oxygens (including phenoxy) is 2. The van der Waals surface area contributed by atoms with E-state index in [-0.39, 0.29) is 6.29 Å². The van der Waals surface area contributed by atoms with Gasteiger partial charge in [0, 0.05) is 0 Å². The summed E-state index contributed by atoms with van der Waals surface area (Å²) in [6, 6.07) is 0. The van der Waals surface area contributed by atoms with E-state index in [0.29, 0.717) is 0 Å². The van der Waals surface area contributed by atoms with Gasteiger partial charge in [0.15, 0.2) is 6.29 Å². The number of rotatable bonds is 5. The van der Waals surface area contributed by atoms with Crippen LogP contribution in [0, 0.1) is 0 Å². The van der Waals surface area contributed by atoms with Gasteiger partial charge in [-0.1, -0.05) is 0 Å². The zero-order valence-corrected chi connectivity index (χ0v) is 7.86. The van der Waals surface area contributed by atoms with Gasteiger partial charge in [0.25, 0.3) is 0 Å². The second-order valence-corrected chi connectivity index (χ2v) is 3.65. The molecule has 0 saturated carbocycles. The van der Waals surface area contributed by atoms with Gasteiger partial charge in [-0.05, 0) is 31.3 Å². The SMILES string of the molecule is CSCCCCC1OCCO1. The Hall–Kier alpha value is 0.270. The molecule has 0 spiro atoms. The molecule has 0 bridgehead atoms. The fourth-order valence-electron chi connectivity index (χ4n) is 1.13.